The van der Waals surface area contributed by atoms with Crippen LogP contribution in [0.2, 0.25) is 5.02 Å². The van der Waals surface area contributed by atoms with Gasteiger partial charge in [0.1, 0.15) is 0 Å². The fourth-order valence-electron chi connectivity index (χ4n) is 2.98. The Morgan fingerprint density at radius 1 is 1.39 bits per heavy atom. The fraction of sp³-hybridized carbons (Fsp3) is 0.562. The second kappa shape index (κ2) is 5.88. The molecule has 0 saturated heterocycles. The Hall–Kier alpha value is -0.820. The first-order chi connectivity index (χ1) is 8.61. The molecule has 0 bridgehead atoms. The van der Waals surface area contributed by atoms with Crippen molar-refractivity contribution in [1.29, 1.82) is 0 Å². The largest absolute Gasteiger partial charge is 0.294 e. The van der Waals surface area contributed by atoms with Gasteiger partial charge in [-0.3, -0.25) is 4.79 Å². The third kappa shape index (κ3) is 2.95. The number of aryl methyl sites for hydroxylation is 1. The van der Waals surface area contributed by atoms with Gasteiger partial charge in [0, 0.05) is 16.5 Å². The van der Waals surface area contributed by atoms with Crippen LogP contribution in [0, 0.1) is 18.8 Å². The zero-order chi connectivity index (χ0) is 13.1. The Balaban J connectivity index is 2.17. The molecule has 2 rings (SSSR count). The van der Waals surface area contributed by atoms with Crippen LogP contribution in [0.4, 0.5) is 0 Å². The minimum atomic E-state index is 0.209. The molecule has 2 atom stereocenters. The predicted molar refractivity (Wildman–Crippen MR) is 76.3 cm³/mol. The maximum atomic E-state index is 12.6. The van der Waals surface area contributed by atoms with E-state index in [0.717, 1.165) is 29.9 Å². The van der Waals surface area contributed by atoms with Crippen LogP contribution in [0.1, 0.15) is 54.9 Å². The summed E-state index contributed by atoms with van der Waals surface area (Å²) in [5.74, 6) is 1.24. The summed E-state index contributed by atoms with van der Waals surface area (Å²) in [6, 6.07) is 5.62. The quantitative estimate of drug-likeness (QED) is 0.699. The van der Waals surface area contributed by atoms with Gasteiger partial charge in [0.2, 0.25) is 0 Å². The van der Waals surface area contributed by atoms with Crippen molar-refractivity contribution in [3.63, 3.8) is 0 Å². The summed E-state index contributed by atoms with van der Waals surface area (Å²) in [6.45, 7) is 4.21. The zero-order valence-electron chi connectivity index (χ0n) is 11.2. The molecule has 0 amide bonds. The van der Waals surface area contributed by atoms with Crippen molar-refractivity contribution >= 4 is 17.4 Å². The molecule has 1 fully saturated rings. The molecule has 98 valence electrons. The lowest BCUT2D eigenvalue weighted by atomic mass is 9.76. The van der Waals surface area contributed by atoms with E-state index in [0.29, 0.717) is 10.8 Å². The van der Waals surface area contributed by atoms with Crippen molar-refractivity contribution in [3.05, 3.63) is 34.3 Å². The van der Waals surface area contributed by atoms with Gasteiger partial charge in [0.15, 0.2) is 5.78 Å². The summed E-state index contributed by atoms with van der Waals surface area (Å²) in [6.07, 6.45) is 5.77. The van der Waals surface area contributed by atoms with Crippen molar-refractivity contribution in [3.8, 4) is 0 Å². The van der Waals surface area contributed by atoms with Gasteiger partial charge in [-0.2, -0.15) is 0 Å². The number of rotatable bonds is 3. The van der Waals surface area contributed by atoms with E-state index < -0.39 is 0 Å². The maximum absolute atomic E-state index is 12.6. The highest BCUT2D eigenvalue weighted by Gasteiger charge is 2.27. The lowest BCUT2D eigenvalue weighted by molar-refractivity contribution is 0.0861. The lowest BCUT2D eigenvalue weighted by Gasteiger charge is -2.27. The number of benzene rings is 1. The minimum absolute atomic E-state index is 0.209. The van der Waals surface area contributed by atoms with Crippen LogP contribution in [-0.2, 0) is 0 Å². The molecule has 1 aromatic rings. The van der Waals surface area contributed by atoms with Crippen molar-refractivity contribution in [2.24, 2.45) is 11.8 Å². The van der Waals surface area contributed by atoms with Crippen LogP contribution in [0.5, 0.6) is 0 Å². The van der Waals surface area contributed by atoms with Gasteiger partial charge in [0.05, 0.1) is 0 Å². The molecular weight excluding hydrogens is 244 g/mol. The summed E-state index contributed by atoms with van der Waals surface area (Å²) in [7, 11) is 0. The van der Waals surface area contributed by atoms with Gasteiger partial charge in [-0.25, -0.2) is 0 Å². The van der Waals surface area contributed by atoms with E-state index in [2.05, 4.69) is 6.92 Å². The van der Waals surface area contributed by atoms with E-state index in [1.54, 1.807) is 0 Å². The molecule has 1 aliphatic carbocycles. The molecule has 2 unspecified atom stereocenters. The van der Waals surface area contributed by atoms with Crippen molar-refractivity contribution < 1.29 is 4.79 Å². The van der Waals surface area contributed by atoms with E-state index in [4.69, 9.17) is 11.6 Å². The molecule has 1 aromatic carbocycles. The molecular formula is C16H21ClO. The number of ketones is 1. The number of carbonyl (C=O) groups is 1. The molecule has 18 heavy (non-hydrogen) atoms. The van der Waals surface area contributed by atoms with Gasteiger partial charge in [-0.1, -0.05) is 43.9 Å². The van der Waals surface area contributed by atoms with Crippen LogP contribution >= 0.6 is 11.6 Å². The van der Waals surface area contributed by atoms with Gasteiger partial charge in [0.25, 0.3) is 0 Å². The number of halogens is 1. The van der Waals surface area contributed by atoms with E-state index >= 15 is 0 Å². The van der Waals surface area contributed by atoms with Crippen LogP contribution in [0.25, 0.3) is 0 Å². The Kier molecular flexibility index (Phi) is 4.45. The Labute approximate surface area is 115 Å². The molecule has 1 saturated carbocycles. The first-order valence-electron chi connectivity index (χ1n) is 6.92. The lowest BCUT2D eigenvalue weighted by Crippen LogP contribution is -2.23. The third-order valence-corrected chi connectivity index (χ3v) is 4.43. The number of hydrogen-bond donors (Lipinski definition) is 0. The molecule has 0 spiro atoms. The molecule has 1 aliphatic rings. The molecule has 0 radical (unpaired) electrons. The van der Waals surface area contributed by atoms with Crippen molar-refractivity contribution in [2.75, 3.05) is 0 Å². The number of Topliss-reactive ketones (excluding diaryl/α,β-unsaturated/α-hetero) is 1. The van der Waals surface area contributed by atoms with E-state index in [1.807, 2.05) is 25.1 Å². The average Bonchev–Trinajstić information content (AvgIpc) is 2.41. The minimum Gasteiger partial charge on any atom is -0.294 e. The third-order valence-electron chi connectivity index (χ3n) is 4.20. The molecule has 0 aliphatic heterocycles. The molecule has 0 aromatic heterocycles. The summed E-state index contributed by atoms with van der Waals surface area (Å²) in [5.41, 5.74) is 1.87. The molecule has 2 heteroatoms. The Bertz CT molecular complexity index is 439. The highest BCUT2D eigenvalue weighted by atomic mass is 35.5. The zero-order valence-corrected chi connectivity index (χ0v) is 12.0. The van der Waals surface area contributed by atoms with Crippen LogP contribution in [0.15, 0.2) is 18.2 Å². The van der Waals surface area contributed by atoms with Crippen molar-refractivity contribution in [2.45, 2.75) is 46.0 Å². The fourth-order valence-corrected chi connectivity index (χ4v) is 3.15. The smallest absolute Gasteiger partial charge is 0.166 e. The van der Waals surface area contributed by atoms with Crippen LogP contribution < -0.4 is 0 Å². The highest BCUT2D eigenvalue weighted by Crippen LogP contribution is 2.33. The standard InChI is InChI=1S/C16H21ClO/c1-3-12-5-4-6-13(9-12)16(18)15-10-14(17)8-7-11(15)2/h7-8,10,12-13H,3-6,9H2,1-2H3. The van der Waals surface area contributed by atoms with E-state index in [9.17, 15) is 4.79 Å². The van der Waals surface area contributed by atoms with Crippen LogP contribution in [0.3, 0.4) is 0 Å². The van der Waals surface area contributed by atoms with Gasteiger partial charge >= 0.3 is 0 Å². The molecule has 0 N–H and O–H groups in total. The average molecular weight is 265 g/mol. The van der Waals surface area contributed by atoms with E-state index in [1.165, 1.54) is 19.3 Å². The van der Waals surface area contributed by atoms with Gasteiger partial charge in [-0.15, -0.1) is 0 Å². The summed E-state index contributed by atoms with van der Waals surface area (Å²) >= 11 is 6.00. The van der Waals surface area contributed by atoms with Gasteiger partial charge in [-0.05, 0) is 43.4 Å². The summed E-state index contributed by atoms with van der Waals surface area (Å²) < 4.78 is 0. The van der Waals surface area contributed by atoms with Gasteiger partial charge < -0.3 is 0 Å². The van der Waals surface area contributed by atoms with Crippen LogP contribution in [-0.4, -0.2) is 5.78 Å². The highest BCUT2D eigenvalue weighted by molar-refractivity contribution is 6.31. The number of hydrogen-bond acceptors (Lipinski definition) is 1. The first-order valence-corrected chi connectivity index (χ1v) is 7.30. The SMILES string of the molecule is CCC1CCCC(C(=O)c2cc(Cl)ccc2C)C1. The summed E-state index contributed by atoms with van der Waals surface area (Å²) in [4.78, 5) is 12.6. The predicted octanol–water partition coefficient (Wildman–Crippen LogP) is 5.05. The second-order valence-corrected chi connectivity index (χ2v) is 5.90. The second-order valence-electron chi connectivity index (χ2n) is 5.46. The monoisotopic (exact) mass is 264 g/mol. The number of carbonyl (C=O) groups excluding carboxylic acids is 1. The summed E-state index contributed by atoms with van der Waals surface area (Å²) in [5, 5.41) is 0.659. The maximum Gasteiger partial charge on any atom is 0.166 e. The van der Waals surface area contributed by atoms with E-state index in [-0.39, 0.29) is 5.92 Å². The Morgan fingerprint density at radius 2 is 2.17 bits per heavy atom. The molecule has 0 heterocycles. The van der Waals surface area contributed by atoms with Crippen molar-refractivity contribution in [1.82, 2.24) is 0 Å². The first kappa shape index (κ1) is 13.6. The topological polar surface area (TPSA) is 17.1 Å². The Morgan fingerprint density at radius 3 is 2.89 bits per heavy atom. The normalized spacial score (nSPS) is 23.9. The molecule has 1 nitrogen and oxygen atoms in total.